The van der Waals surface area contributed by atoms with E-state index in [-0.39, 0.29) is 31.8 Å². The summed E-state index contributed by atoms with van der Waals surface area (Å²) in [4.78, 5) is 62.4. The molecule has 0 radical (unpaired) electrons. The molecule has 0 aliphatic carbocycles. The van der Waals surface area contributed by atoms with E-state index in [4.69, 9.17) is 22.3 Å². The van der Waals surface area contributed by atoms with Gasteiger partial charge in [-0.15, -0.1) is 0 Å². The van der Waals surface area contributed by atoms with Crippen molar-refractivity contribution in [3.05, 3.63) is 0 Å². The molecule has 0 saturated heterocycles. The average Bonchev–Trinajstić information content (AvgIpc) is 2.65. The molecule has 0 heterocycles. The molecule has 11 N–H and O–H groups in total. The summed E-state index contributed by atoms with van der Waals surface area (Å²) in [5.41, 5.74) is 15.8. The second-order valence-corrected chi connectivity index (χ2v) is 6.86. The van der Waals surface area contributed by atoms with Gasteiger partial charge in [0.25, 0.3) is 0 Å². The summed E-state index contributed by atoms with van der Waals surface area (Å²) >= 11 is 0. The molecule has 0 aliphatic heterocycles. The Balaban J connectivity index is 4.95. The van der Waals surface area contributed by atoms with Crippen molar-refractivity contribution < 1.29 is 34.2 Å². The number of amides is 3. The molecule has 4 atom stereocenters. The first-order valence-electron chi connectivity index (χ1n) is 9.51. The second-order valence-electron chi connectivity index (χ2n) is 6.86. The van der Waals surface area contributed by atoms with Gasteiger partial charge in [-0.1, -0.05) is 0 Å². The van der Waals surface area contributed by atoms with Crippen molar-refractivity contribution >= 4 is 35.6 Å². The molecule has 176 valence electrons. The topological polar surface area (TPSA) is 252 Å². The van der Waals surface area contributed by atoms with E-state index in [2.05, 4.69) is 20.9 Å². The van der Waals surface area contributed by atoms with E-state index in [1.165, 1.54) is 13.8 Å². The number of carboxylic acid groups (broad SMARTS) is 2. The summed E-state index contributed by atoms with van der Waals surface area (Å²) in [6.07, 6.45) is -0.300. The Hall–Kier alpha value is -3.42. The number of aliphatic carboxylic acids is 2. The zero-order valence-electron chi connectivity index (χ0n) is 17.5. The molecular weight excluding hydrogens is 414 g/mol. The maximum Gasteiger partial charge on any atom is 0.326 e. The Labute approximate surface area is 179 Å². The van der Waals surface area contributed by atoms with Crippen LogP contribution >= 0.6 is 0 Å². The fraction of sp³-hybridized carbons (Fsp3) is 0.647. The van der Waals surface area contributed by atoms with Crippen molar-refractivity contribution in [2.45, 2.75) is 63.7 Å². The lowest BCUT2D eigenvalue weighted by Gasteiger charge is -2.22. The van der Waals surface area contributed by atoms with Crippen LogP contribution in [-0.4, -0.2) is 76.5 Å². The molecule has 4 unspecified atom stereocenters. The first-order chi connectivity index (χ1) is 14.3. The predicted octanol–water partition coefficient (Wildman–Crippen LogP) is -3.19. The SMILES string of the molecule is CC(N)C(=O)NC(CCC(=O)O)C(=O)NC(C)C(=O)NC(CCCN=C(N)N)C(=O)O. The molecule has 31 heavy (non-hydrogen) atoms. The van der Waals surface area contributed by atoms with Crippen LogP contribution in [0.15, 0.2) is 4.99 Å². The van der Waals surface area contributed by atoms with Crippen LogP contribution < -0.4 is 33.2 Å². The van der Waals surface area contributed by atoms with Gasteiger partial charge in [0.05, 0.1) is 6.04 Å². The lowest BCUT2D eigenvalue weighted by molar-refractivity contribution is -0.142. The minimum atomic E-state index is -1.28. The summed E-state index contributed by atoms with van der Waals surface area (Å²) in [5.74, 6) is -4.85. The smallest absolute Gasteiger partial charge is 0.326 e. The van der Waals surface area contributed by atoms with Gasteiger partial charge in [-0.2, -0.15) is 0 Å². The molecule has 0 aromatic carbocycles. The highest BCUT2D eigenvalue weighted by Gasteiger charge is 2.28. The highest BCUT2D eigenvalue weighted by molar-refractivity contribution is 5.94. The minimum absolute atomic E-state index is 0.0458. The molecular formula is C17H31N7O7. The molecule has 0 aliphatic rings. The Morgan fingerprint density at radius 1 is 0.871 bits per heavy atom. The Morgan fingerprint density at radius 2 is 1.45 bits per heavy atom. The lowest BCUT2D eigenvalue weighted by Crippen LogP contribution is -2.56. The summed E-state index contributed by atoms with van der Waals surface area (Å²) in [5, 5.41) is 25.0. The summed E-state index contributed by atoms with van der Waals surface area (Å²) in [6, 6.07) is -4.57. The van der Waals surface area contributed by atoms with Crippen LogP contribution in [0.2, 0.25) is 0 Å². The Morgan fingerprint density at radius 3 is 1.94 bits per heavy atom. The van der Waals surface area contributed by atoms with E-state index >= 15 is 0 Å². The summed E-state index contributed by atoms with van der Waals surface area (Å²) < 4.78 is 0. The van der Waals surface area contributed by atoms with Gasteiger partial charge >= 0.3 is 11.9 Å². The average molecular weight is 445 g/mol. The number of guanidine groups is 1. The van der Waals surface area contributed by atoms with Crippen LogP contribution in [0.5, 0.6) is 0 Å². The highest BCUT2D eigenvalue weighted by Crippen LogP contribution is 2.02. The molecule has 0 rings (SSSR count). The minimum Gasteiger partial charge on any atom is -0.481 e. The fourth-order valence-corrected chi connectivity index (χ4v) is 2.28. The second kappa shape index (κ2) is 13.7. The largest absolute Gasteiger partial charge is 0.481 e. The van der Waals surface area contributed by atoms with Crippen molar-refractivity contribution in [2.24, 2.45) is 22.2 Å². The van der Waals surface area contributed by atoms with E-state index in [9.17, 15) is 29.1 Å². The van der Waals surface area contributed by atoms with E-state index < -0.39 is 60.2 Å². The number of carbonyl (C=O) groups is 5. The van der Waals surface area contributed by atoms with Gasteiger partial charge in [0.15, 0.2) is 5.96 Å². The van der Waals surface area contributed by atoms with Crippen LogP contribution in [0.1, 0.15) is 39.5 Å². The van der Waals surface area contributed by atoms with Gasteiger partial charge in [-0.3, -0.25) is 24.2 Å². The fourth-order valence-electron chi connectivity index (χ4n) is 2.28. The van der Waals surface area contributed by atoms with Crippen LogP contribution in [-0.2, 0) is 24.0 Å². The predicted molar refractivity (Wildman–Crippen MR) is 110 cm³/mol. The van der Waals surface area contributed by atoms with Crippen LogP contribution in [0, 0.1) is 0 Å². The van der Waals surface area contributed by atoms with E-state index in [0.717, 1.165) is 0 Å². The van der Waals surface area contributed by atoms with Crippen molar-refractivity contribution in [3.8, 4) is 0 Å². The molecule has 0 bridgehead atoms. The molecule has 14 heteroatoms. The quantitative estimate of drug-likeness (QED) is 0.0755. The molecule has 0 aromatic rings. The number of nitrogens with zero attached hydrogens (tertiary/aromatic N) is 1. The van der Waals surface area contributed by atoms with Crippen LogP contribution in [0.4, 0.5) is 0 Å². The maximum absolute atomic E-state index is 12.4. The molecule has 14 nitrogen and oxygen atoms in total. The molecule has 0 fully saturated rings. The third kappa shape index (κ3) is 12.0. The number of hydrogen-bond donors (Lipinski definition) is 8. The number of carbonyl (C=O) groups excluding carboxylic acids is 3. The van der Waals surface area contributed by atoms with Gasteiger partial charge < -0.3 is 43.4 Å². The van der Waals surface area contributed by atoms with Crippen molar-refractivity contribution in [1.29, 1.82) is 0 Å². The standard InChI is InChI=1S/C17H31N7O7/c1-8(18)13(27)23-10(5-6-12(25)26)15(29)22-9(2)14(28)24-11(16(30)31)4-3-7-21-17(19)20/h8-11H,3-7,18H2,1-2H3,(H,22,29)(H,23,27)(H,24,28)(H,25,26)(H,30,31)(H4,19,20,21). The normalized spacial score (nSPS) is 14.3. The van der Waals surface area contributed by atoms with Crippen LogP contribution in [0.3, 0.4) is 0 Å². The van der Waals surface area contributed by atoms with Crippen molar-refractivity contribution in [3.63, 3.8) is 0 Å². The first kappa shape index (κ1) is 27.6. The molecule has 0 aromatic heterocycles. The zero-order chi connectivity index (χ0) is 24.1. The van der Waals surface area contributed by atoms with Gasteiger partial charge in [0.1, 0.15) is 18.1 Å². The van der Waals surface area contributed by atoms with Crippen molar-refractivity contribution in [1.82, 2.24) is 16.0 Å². The third-order valence-electron chi connectivity index (χ3n) is 4.01. The van der Waals surface area contributed by atoms with E-state index in [1.54, 1.807) is 0 Å². The number of hydrogen-bond acceptors (Lipinski definition) is 7. The third-order valence-corrected chi connectivity index (χ3v) is 4.01. The number of carboxylic acids is 2. The zero-order valence-corrected chi connectivity index (χ0v) is 17.5. The maximum atomic E-state index is 12.4. The van der Waals surface area contributed by atoms with E-state index in [1.807, 2.05) is 0 Å². The summed E-state index contributed by atoms with van der Waals surface area (Å²) in [7, 11) is 0. The lowest BCUT2D eigenvalue weighted by atomic mass is 10.1. The van der Waals surface area contributed by atoms with Crippen molar-refractivity contribution in [2.75, 3.05) is 6.54 Å². The molecule has 0 saturated carbocycles. The van der Waals surface area contributed by atoms with Crippen LogP contribution in [0.25, 0.3) is 0 Å². The Bertz CT molecular complexity index is 692. The summed E-state index contributed by atoms with van der Waals surface area (Å²) in [6.45, 7) is 2.88. The van der Waals surface area contributed by atoms with Gasteiger partial charge in [-0.25, -0.2) is 4.79 Å². The monoisotopic (exact) mass is 445 g/mol. The van der Waals surface area contributed by atoms with E-state index in [0.29, 0.717) is 0 Å². The van der Waals surface area contributed by atoms with Gasteiger partial charge in [0, 0.05) is 13.0 Å². The molecule has 3 amide bonds. The van der Waals surface area contributed by atoms with Gasteiger partial charge in [0.2, 0.25) is 17.7 Å². The van der Waals surface area contributed by atoms with Gasteiger partial charge in [-0.05, 0) is 33.1 Å². The first-order valence-corrected chi connectivity index (χ1v) is 9.51. The Kier molecular flexibility index (Phi) is 12.2. The number of nitrogens with two attached hydrogens (primary N) is 3. The number of rotatable bonds is 14. The highest BCUT2D eigenvalue weighted by atomic mass is 16.4. The number of nitrogens with one attached hydrogen (secondary N) is 3. The number of aliphatic imine (C=N–C) groups is 1. The molecule has 0 spiro atoms.